The fourth-order valence-corrected chi connectivity index (χ4v) is 3.86. The lowest BCUT2D eigenvalue weighted by atomic mass is 10.1. The van der Waals surface area contributed by atoms with E-state index in [1.165, 1.54) is 10.4 Å². The highest BCUT2D eigenvalue weighted by atomic mass is 32.1. The Hall–Kier alpha value is -0.870. The molecule has 2 heterocycles. The summed E-state index contributed by atoms with van der Waals surface area (Å²) in [5, 5.41) is 9.50. The molecule has 1 aliphatic heterocycles. The largest absolute Gasteiger partial charge is 0.393 e. The number of amides is 1. The van der Waals surface area contributed by atoms with Crippen molar-refractivity contribution in [3.05, 3.63) is 21.4 Å². The molecule has 0 aliphatic carbocycles. The predicted molar refractivity (Wildman–Crippen MR) is 78.8 cm³/mol. The third kappa shape index (κ3) is 3.37. The van der Waals surface area contributed by atoms with Crippen molar-refractivity contribution in [2.75, 3.05) is 13.1 Å². The minimum Gasteiger partial charge on any atom is -0.393 e. The van der Waals surface area contributed by atoms with Crippen LogP contribution in [0.25, 0.3) is 0 Å². The van der Waals surface area contributed by atoms with E-state index in [2.05, 4.69) is 19.9 Å². The number of aliphatic hydroxyl groups excluding tert-OH is 1. The van der Waals surface area contributed by atoms with E-state index in [4.69, 9.17) is 0 Å². The van der Waals surface area contributed by atoms with Crippen LogP contribution in [0.15, 0.2) is 6.07 Å². The minimum absolute atomic E-state index is 0.147. The first kappa shape index (κ1) is 14.5. The summed E-state index contributed by atoms with van der Waals surface area (Å²) in [7, 11) is 0. The van der Waals surface area contributed by atoms with Crippen LogP contribution in [-0.2, 0) is 12.8 Å². The van der Waals surface area contributed by atoms with E-state index in [0.717, 1.165) is 24.1 Å². The van der Waals surface area contributed by atoms with Crippen molar-refractivity contribution in [2.24, 2.45) is 0 Å². The van der Waals surface area contributed by atoms with Gasteiger partial charge in [-0.1, -0.05) is 20.3 Å². The minimum atomic E-state index is -0.228. The van der Waals surface area contributed by atoms with Gasteiger partial charge in [0.15, 0.2) is 0 Å². The Labute approximate surface area is 119 Å². The van der Waals surface area contributed by atoms with Crippen LogP contribution in [0.1, 0.15) is 53.2 Å². The Kier molecular flexibility index (Phi) is 4.99. The van der Waals surface area contributed by atoms with Crippen LogP contribution in [0.3, 0.4) is 0 Å². The highest BCUT2D eigenvalue weighted by molar-refractivity contribution is 7.14. The van der Waals surface area contributed by atoms with Gasteiger partial charge in [-0.05, 0) is 37.3 Å². The summed E-state index contributed by atoms with van der Waals surface area (Å²) in [6, 6.07) is 2.07. The van der Waals surface area contributed by atoms with E-state index >= 15 is 0 Å². The quantitative estimate of drug-likeness (QED) is 0.922. The SMILES string of the molecule is CCCc1sc(C(=O)N2CCC(O)CC2)cc1CC. The van der Waals surface area contributed by atoms with Gasteiger partial charge in [-0.2, -0.15) is 0 Å². The molecule has 0 aromatic carbocycles. The van der Waals surface area contributed by atoms with Crippen molar-refractivity contribution in [1.82, 2.24) is 4.90 Å². The van der Waals surface area contributed by atoms with Crippen LogP contribution in [0.2, 0.25) is 0 Å². The molecular formula is C15H23NO2S. The summed E-state index contributed by atoms with van der Waals surface area (Å²) in [6.45, 7) is 5.68. The Bertz CT molecular complexity index is 433. The molecule has 1 fully saturated rings. The zero-order chi connectivity index (χ0) is 13.8. The number of hydrogen-bond acceptors (Lipinski definition) is 3. The van der Waals surface area contributed by atoms with Crippen molar-refractivity contribution in [3.63, 3.8) is 0 Å². The molecule has 1 aromatic heterocycles. The number of aliphatic hydroxyl groups is 1. The monoisotopic (exact) mass is 281 g/mol. The van der Waals surface area contributed by atoms with Crippen molar-refractivity contribution in [1.29, 1.82) is 0 Å². The van der Waals surface area contributed by atoms with Gasteiger partial charge >= 0.3 is 0 Å². The summed E-state index contributed by atoms with van der Waals surface area (Å²) in [5.74, 6) is 0.147. The standard InChI is InChI=1S/C15H23NO2S/c1-3-5-13-11(4-2)10-14(19-13)15(18)16-8-6-12(17)7-9-16/h10,12,17H,3-9H2,1-2H3. The van der Waals surface area contributed by atoms with Gasteiger partial charge in [0.05, 0.1) is 11.0 Å². The summed E-state index contributed by atoms with van der Waals surface area (Å²) in [5.41, 5.74) is 1.33. The molecular weight excluding hydrogens is 258 g/mol. The summed E-state index contributed by atoms with van der Waals surface area (Å²) < 4.78 is 0. The zero-order valence-electron chi connectivity index (χ0n) is 11.8. The van der Waals surface area contributed by atoms with Crippen LogP contribution < -0.4 is 0 Å². The Morgan fingerprint density at radius 1 is 1.42 bits per heavy atom. The molecule has 0 atom stereocenters. The van der Waals surface area contributed by atoms with E-state index < -0.39 is 0 Å². The lowest BCUT2D eigenvalue weighted by Gasteiger charge is -2.29. The molecule has 0 radical (unpaired) electrons. The second kappa shape index (κ2) is 6.53. The number of piperidine rings is 1. The smallest absolute Gasteiger partial charge is 0.263 e. The number of rotatable bonds is 4. The van der Waals surface area contributed by atoms with Crippen molar-refractivity contribution >= 4 is 17.2 Å². The number of hydrogen-bond donors (Lipinski definition) is 1. The van der Waals surface area contributed by atoms with E-state index in [9.17, 15) is 9.90 Å². The van der Waals surface area contributed by atoms with Crippen LogP contribution in [0.4, 0.5) is 0 Å². The molecule has 0 spiro atoms. The molecule has 0 bridgehead atoms. The number of carbonyl (C=O) groups excluding carboxylic acids is 1. The van der Waals surface area contributed by atoms with Crippen molar-refractivity contribution in [2.45, 2.75) is 52.1 Å². The maximum absolute atomic E-state index is 12.4. The summed E-state index contributed by atoms with van der Waals surface area (Å²) in [4.78, 5) is 16.6. The Morgan fingerprint density at radius 2 is 2.11 bits per heavy atom. The number of nitrogens with zero attached hydrogens (tertiary/aromatic N) is 1. The first-order chi connectivity index (χ1) is 9.15. The molecule has 2 rings (SSSR count). The molecule has 3 nitrogen and oxygen atoms in total. The molecule has 1 N–H and O–H groups in total. The first-order valence-corrected chi connectivity index (χ1v) is 8.06. The summed E-state index contributed by atoms with van der Waals surface area (Å²) in [6.07, 6.45) is 4.38. The van der Waals surface area contributed by atoms with E-state index in [0.29, 0.717) is 25.9 Å². The van der Waals surface area contributed by atoms with Crippen LogP contribution in [-0.4, -0.2) is 35.1 Å². The van der Waals surface area contributed by atoms with Crippen LogP contribution in [0, 0.1) is 0 Å². The second-order valence-corrected chi connectivity index (χ2v) is 6.32. The fourth-order valence-electron chi connectivity index (χ4n) is 2.53. The molecule has 106 valence electrons. The summed E-state index contributed by atoms with van der Waals surface area (Å²) >= 11 is 1.66. The number of likely N-dealkylation sites (tertiary alicyclic amines) is 1. The van der Waals surface area contributed by atoms with Gasteiger partial charge in [0, 0.05) is 18.0 Å². The van der Waals surface area contributed by atoms with Gasteiger partial charge in [0.25, 0.3) is 5.91 Å². The molecule has 1 amide bonds. The number of aryl methyl sites for hydroxylation is 2. The van der Waals surface area contributed by atoms with E-state index in [1.807, 2.05) is 4.90 Å². The Morgan fingerprint density at radius 3 is 2.68 bits per heavy atom. The normalized spacial score (nSPS) is 16.9. The van der Waals surface area contributed by atoms with Gasteiger partial charge in [-0.3, -0.25) is 4.79 Å². The average molecular weight is 281 g/mol. The number of carbonyl (C=O) groups is 1. The molecule has 1 aromatic rings. The Balaban J connectivity index is 2.10. The van der Waals surface area contributed by atoms with Crippen molar-refractivity contribution < 1.29 is 9.90 Å². The van der Waals surface area contributed by atoms with Gasteiger partial charge < -0.3 is 10.0 Å². The van der Waals surface area contributed by atoms with E-state index in [1.54, 1.807) is 11.3 Å². The van der Waals surface area contributed by atoms with Crippen molar-refractivity contribution in [3.8, 4) is 0 Å². The number of thiophene rings is 1. The van der Waals surface area contributed by atoms with Gasteiger partial charge in [0.2, 0.25) is 0 Å². The van der Waals surface area contributed by atoms with Crippen LogP contribution in [0.5, 0.6) is 0 Å². The fraction of sp³-hybridized carbons (Fsp3) is 0.667. The molecule has 1 aliphatic rings. The van der Waals surface area contributed by atoms with Gasteiger partial charge in [-0.25, -0.2) is 0 Å². The molecule has 1 saturated heterocycles. The highest BCUT2D eigenvalue weighted by Gasteiger charge is 2.24. The van der Waals surface area contributed by atoms with E-state index in [-0.39, 0.29) is 12.0 Å². The third-order valence-electron chi connectivity index (χ3n) is 3.72. The lowest BCUT2D eigenvalue weighted by Crippen LogP contribution is -2.39. The molecule has 19 heavy (non-hydrogen) atoms. The maximum Gasteiger partial charge on any atom is 0.263 e. The molecule has 4 heteroatoms. The molecule has 0 unspecified atom stereocenters. The topological polar surface area (TPSA) is 40.5 Å². The average Bonchev–Trinajstić information content (AvgIpc) is 2.82. The maximum atomic E-state index is 12.4. The van der Waals surface area contributed by atoms with Gasteiger partial charge in [-0.15, -0.1) is 11.3 Å². The van der Waals surface area contributed by atoms with Crippen LogP contribution >= 0.6 is 11.3 Å². The highest BCUT2D eigenvalue weighted by Crippen LogP contribution is 2.26. The molecule has 0 saturated carbocycles. The lowest BCUT2D eigenvalue weighted by molar-refractivity contribution is 0.0550. The second-order valence-electron chi connectivity index (χ2n) is 5.19. The van der Waals surface area contributed by atoms with Gasteiger partial charge in [0.1, 0.15) is 0 Å². The predicted octanol–water partition coefficient (Wildman–Crippen LogP) is 2.86. The first-order valence-electron chi connectivity index (χ1n) is 7.24. The third-order valence-corrected chi connectivity index (χ3v) is 4.94. The zero-order valence-corrected chi connectivity index (χ0v) is 12.6.